The van der Waals surface area contributed by atoms with Crippen LogP contribution in [0.2, 0.25) is 0 Å². The van der Waals surface area contributed by atoms with Crippen molar-refractivity contribution in [2.24, 2.45) is 29.4 Å². The number of nitrogens with two attached hydrogens (primary N) is 1. The van der Waals surface area contributed by atoms with Gasteiger partial charge in [0.2, 0.25) is 5.91 Å². The first-order valence-electron chi connectivity index (χ1n) is 14.4. The summed E-state index contributed by atoms with van der Waals surface area (Å²) in [6.07, 6.45) is 0.996. The number of carbonyl (C=O) groups is 5. The zero-order chi connectivity index (χ0) is 31.4. The van der Waals surface area contributed by atoms with Crippen molar-refractivity contribution >= 4 is 34.7 Å². The highest BCUT2D eigenvalue weighted by atomic mass is 16.3. The summed E-state index contributed by atoms with van der Waals surface area (Å²) in [6, 6.07) is 10.6. The molecule has 3 aliphatic rings. The topological polar surface area (TPSA) is 170 Å². The summed E-state index contributed by atoms with van der Waals surface area (Å²) in [5, 5.41) is 26.5. The Morgan fingerprint density at radius 2 is 1.74 bits per heavy atom. The molecule has 2 aromatic carbocycles. The van der Waals surface area contributed by atoms with E-state index in [0.717, 1.165) is 12.0 Å². The van der Waals surface area contributed by atoms with Gasteiger partial charge in [-0.25, -0.2) is 0 Å². The van der Waals surface area contributed by atoms with Crippen LogP contribution in [0.3, 0.4) is 0 Å². The first kappa shape index (κ1) is 30.5. The molecule has 1 amide bonds. The summed E-state index contributed by atoms with van der Waals surface area (Å²) in [4.78, 5) is 70.4. The predicted molar refractivity (Wildman–Crippen MR) is 158 cm³/mol. The van der Waals surface area contributed by atoms with Crippen molar-refractivity contribution < 1.29 is 34.2 Å². The van der Waals surface area contributed by atoms with Gasteiger partial charge in [0.25, 0.3) is 0 Å². The van der Waals surface area contributed by atoms with Gasteiger partial charge in [-0.1, -0.05) is 30.3 Å². The Labute approximate surface area is 250 Å². The van der Waals surface area contributed by atoms with Gasteiger partial charge in [0.15, 0.2) is 34.7 Å². The van der Waals surface area contributed by atoms with E-state index in [9.17, 15) is 34.2 Å². The van der Waals surface area contributed by atoms with Crippen LogP contribution in [0.15, 0.2) is 36.4 Å². The molecule has 3 aliphatic carbocycles. The Bertz CT molecular complexity index is 1500. The number of carbonyl (C=O) groups excluding carboxylic acids is 5. The second kappa shape index (κ2) is 11.3. The number of phenolic OH excluding ortho intramolecular Hbond substituents is 1. The predicted octanol–water partition coefficient (Wildman–Crippen LogP) is 0.265. The summed E-state index contributed by atoms with van der Waals surface area (Å²) >= 11 is 0. The van der Waals surface area contributed by atoms with E-state index < -0.39 is 64.4 Å². The minimum Gasteiger partial charge on any atom is -0.507 e. The number of ketones is 4. The number of fused-ring (bicyclic) bond motifs is 3. The van der Waals surface area contributed by atoms with Gasteiger partial charge in [0.05, 0.1) is 17.5 Å². The van der Waals surface area contributed by atoms with Crippen LogP contribution in [0.25, 0.3) is 0 Å². The molecule has 5 N–H and O–H groups in total. The number of nitrogens with zero attached hydrogens (tertiary/aromatic N) is 2. The van der Waals surface area contributed by atoms with Gasteiger partial charge in [0, 0.05) is 37.8 Å². The molecule has 228 valence electrons. The Balaban J connectivity index is 1.51. The Morgan fingerprint density at radius 1 is 1.07 bits per heavy atom. The summed E-state index contributed by atoms with van der Waals surface area (Å²) in [6.45, 7) is 0.887. The first-order chi connectivity index (χ1) is 20.3. The lowest BCUT2D eigenvalue weighted by atomic mass is 9.52. The lowest BCUT2D eigenvalue weighted by molar-refractivity contribution is -0.181. The number of anilines is 1. The summed E-state index contributed by atoms with van der Waals surface area (Å²) in [7, 11) is 6.77. The second-order valence-corrected chi connectivity index (χ2v) is 12.4. The zero-order valence-corrected chi connectivity index (χ0v) is 24.8. The molecule has 11 heteroatoms. The quantitative estimate of drug-likeness (QED) is 0.247. The Hall–Kier alpha value is -3.93. The molecule has 0 radical (unpaired) electrons. The number of rotatable bonds is 8. The van der Waals surface area contributed by atoms with Crippen LogP contribution in [-0.2, 0) is 38.6 Å². The number of primary amides is 1. The minimum atomic E-state index is -2.74. The van der Waals surface area contributed by atoms with E-state index in [1.165, 1.54) is 4.90 Å². The maximum Gasteiger partial charge on any atom is 0.235 e. The molecule has 2 fully saturated rings. The number of nitrogens with one attached hydrogen (secondary N) is 1. The molecule has 2 aromatic rings. The molecule has 2 saturated carbocycles. The van der Waals surface area contributed by atoms with Crippen molar-refractivity contribution in [1.82, 2.24) is 10.2 Å². The normalized spacial score (nSPS) is 28.4. The van der Waals surface area contributed by atoms with Gasteiger partial charge in [-0.05, 0) is 63.0 Å². The van der Waals surface area contributed by atoms with E-state index in [1.54, 1.807) is 14.1 Å². The fourth-order valence-electron chi connectivity index (χ4n) is 7.34. The zero-order valence-electron chi connectivity index (χ0n) is 24.8. The van der Waals surface area contributed by atoms with Crippen LogP contribution in [-0.4, -0.2) is 90.5 Å². The molecule has 43 heavy (non-hydrogen) atoms. The maximum atomic E-state index is 14.1. The standard InChI is InChI=1S/C32H38N4O7/c1-35(2)21-14-18(15-34-11-10-16-8-6-5-7-9-16)26(37)23-19(21)12-17-13-20-25(36(3)4)28(39)24(31(33)42)30(41)32(20,43)29(40)22(17)27(23)38/h5-9,14,17,20,22,24-25,34,37,43H,10-13,15H2,1-4H3,(H2,33,42)/t17-,20-,22?,24?,25-,32-/m0/s1. The third-order valence-corrected chi connectivity index (χ3v) is 9.35. The molecule has 0 aromatic heterocycles. The molecule has 11 nitrogen and oxygen atoms in total. The van der Waals surface area contributed by atoms with Crippen LogP contribution in [0, 0.1) is 23.7 Å². The summed E-state index contributed by atoms with van der Waals surface area (Å²) in [5.74, 6) is -10.5. The summed E-state index contributed by atoms with van der Waals surface area (Å²) in [5.41, 5.74) is 5.56. The number of Topliss-reactive ketones (excluding diaryl/α,β-unsaturated/α-hetero) is 4. The van der Waals surface area contributed by atoms with E-state index in [-0.39, 0.29) is 30.7 Å². The number of likely N-dealkylation sites (N-methyl/N-ethyl adjacent to an activating group) is 1. The number of hydrogen-bond donors (Lipinski definition) is 4. The smallest absolute Gasteiger partial charge is 0.235 e. The number of aromatic hydroxyl groups is 1. The monoisotopic (exact) mass is 590 g/mol. The highest BCUT2D eigenvalue weighted by Gasteiger charge is 2.69. The number of phenols is 1. The number of benzene rings is 2. The average molecular weight is 591 g/mol. The van der Waals surface area contributed by atoms with E-state index in [0.29, 0.717) is 23.4 Å². The van der Waals surface area contributed by atoms with E-state index in [1.807, 2.05) is 55.4 Å². The van der Waals surface area contributed by atoms with Crippen molar-refractivity contribution in [2.75, 3.05) is 39.6 Å². The van der Waals surface area contributed by atoms with Crippen LogP contribution in [0.1, 0.15) is 33.5 Å². The molecule has 0 aliphatic heterocycles. The molecule has 0 saturated heterocycles. The molecule has 0 heterocycles. The number of aliphatic hydroxyl groups is 1. The molecule has 0 bridgehead atoms. The molecular formula is C32H38N4O7. The average Bonchev–Trinajstić information content (AvgIpc) is 2.94. The highest BCUT2D eigenvalue weighted by Crippen LogP contribution is 2.52. The van der Waals surface area contributed by atoms with Crippen LogP contribution in [0.5, 0.6) is 5.75 Å². The van der Waals surface area contributed by atoms with Gasteiger partial charge in [-0.15, -0.1) is 0 Å². The first-order valence-corrected chi connectivity index (χ1v) is 14.4. The second-order valence-electron chi connectivity index (χ2n) is 12.4. The van der Waals surface area contributed by atoms with Crippen molar-refractivity contribution in [1.29, 1.82) is 0 Å². The lowest BCUT2D eigenvalue weighted by Gasteiger charge is -2.52. The van der Waals surface area contributed by atoms with Gasteiger partial charge < -0.3 is 26.2 Å². The molecule has 2 unspecified atom stereocenters. The maximum absolute atomic E-state index is 14.1. The van der Waals surface area contributed by atoms with E-state index >= 15 is 0 Å². The third kappa shape index (κ3) is 4.85. The fraction of sp³-hybridized carbons (Fsp3) is 0.469. The Morgan fingerprint density at radius 3 is 2.35 bits per heavy atom. The fourth-order valence-corrected chi connectivity index (χ4v) is 7.34. The van der Waals surface area contributed by atoms with Gasteiger partial charge in [-0.2, -0.15) is 0 Å². The molecular weight excluding hydrogens is 552 g/mol. The highest BCUT2D eigenvalue weighted by molar-refractivity contribution is 6.32. The van der Waals surface area contributed by atoms with Gasteiger partial charge in [-0.3, -0.25) is 28.9 Å². The largest absolute Gasteiger partial charge is 0.507 e. The van der Waals surface area contributed by atoms with Gasteiger partial charge >= 0.3 is 0 Å². The van der Waals surface area contributed by atoms with Crippen molar-refractivity contribution in [3.63, 3.8) is 0 Å². The van der Waals surface area contributed by atoms with Crippen LogP contribution >= 0.6 is 0 Å². The van der Waals surface area contributed by atoms with Gasteiger partial charge in [0.1, 0.15) is 5.75 Å². The van der Waals surface area contributed by atoms with Crippen LogP contribution in [0.4, 0.5) is 5.69 Å². The molecule has 6 atom stereocenters. The Kier molecular flexibility index (Phi) is 8.02. The minimum absolute atomic E-state index is 0.00217. The van der Waals surface area contributed by atoms with Crippen molar-refractivity contribution in [2.45, 2.75) is 37.5 Å². The SMILES string of the molecule is CN(C)c1cc(CNCCc2ccccc2)c(O)c2c1C[C@H]1C[C@H]3[C@H](N(C)C)C(=O)C(C(N)=O)C(=O)[C@@]3(O)C(=O)C1C2=O. The van der Waals surface area contributed by atoms with E-state index in [4.69, 9.17) is 5.73 Å². The van der Waals surface area contributed by atoms with Crippen molar-refractivity contribution in [3.8, 4) is 5.75 Å². The number of hydrogen-bond acceptors (Lipinski definition) is 10. The van der Waals surface area contributed by atoms with Crippen molar-refractivity contribution in [3.05, 3.63) is 58.7 Å². The summed E-state index contributed by atoms with van der Waals surface area (Å²) < 4.78 is 0. The molecule has 0 spiro atoms. The number of amides is 1. The lowest BCUT2D eigenvalue weighted by Crippen LogP contribution is -2.74. The molecule has 5 rings (SSSR count). The van der Waals surface area contributed by atoms with Crippen LogP contribution < -0.4 is 16.0 Å². The third-order valence-electron chi connectivity index (χ3n) is 9.35. The van der Waals surface area contributed by atoms with E-state index in [2.05, 4.69) is 5.32 Å².